The van der Waals surface area contributed by atoms with Crippen LogP contribution in [-0.2, 0) is 44.8 Å². The van der Waals surface area contributed by atoms with Crippen LogP contribution in [-0.4, -0.2) is 61.8 Å². The average molecular weight is 683 g/mol. The Morgan fingerprint density at radius 3 is 1.83 bits per heavy atom. The second-order valence-electron chi connectivity index (χ2n) is 10.9. The van der Waals surface area contributed by atoms with Gasteiger partial charge in [0, 0.05) is 24.2 Å². The molecule has 0 saturated carbocycles. The van der Waals surface area contributed by atoms with Crippen LogP contribution >= 0.6 is 34.4 Å². The van der Waals surface area contributed by atoms with E-state index in [0.29, 0.717) is 40.9 Å². The van der Waals surface area contributed by atoms with Crippen LogP contribution in [0.2, 0.25) is 0 Å². The van der Waals surface area contributed by atoms with E-state index in [1.165, 1.54) is 22.7 Å². The molecule has 0 aliphatic heterocycles. The SMILES string of the molecule is CC(C)(C)OC(=O)Nc1cccc(CC(=O)Nc2nnc(CCSCCc3nnc(NC(=O)Cc4cccc(NC=O)c4)s3)s2)c1. The van der Waals surface area contributed by atoms with E-state index in [9.17, 15) is 19.2 Å². The lowest BCUT2D eigenvalue weighted by Crippen LogP contribution is -2.27. The largest absolute Gasteiger partial charge is 0.444 e. The van der Waals surface area contributed by atoms with Crippen LogP contribution in [0, 0.1) is 0 Å². The highest BCUT2D eigenvalue weighted by Gasteiger charge is 2.17. The van der Waals surface area contributed by atoms with Crippen LogP contribution in [0.15, 0.2) is 48.5 Å². The molecule has 0 spiro atoms. The summed E-state index contributed by atoms with van der Waals surface area (Å²) in [6, 6.07) is 14.1. The summed E-state index contributed by atoms with van der Waals surface area (Å²) in [5, 5.41) is 29.8. The Bertz CT molecular complexity index is 1650. The van der Waals surface area contributed by atoms with E-state index in [-0.39, 0.29) is 24.7 Å². The fourth-order valence-corrected chi connectivity index (χ4v) is 6.60. The molecule has 16 heteroatoms. The minimum atomic E-state index is -0.610. The van der Waals surface area contributed by atoms with Crippen molar-refractivity contribution in [3.63, 3.8) is 0 Å². The number of nitrogens with zero attached hydrogens (tertiary/aromatic N) is 4. The van der Waals surface area contributed by atoms with Gasteiger partial charge in [0.15, 0.2) is 0 Å². The Morgan fingerprint density at radius 2 is 1.30 bits per heavy atom. The highest BCUT2D eigenvalue weighted by atomic mass is 32.2. The quantitative estimate of drug-likeness (QED) is 0.0964. The van der Waals surface area contributed by atoms with Gasteiger partial charge < -0.3 is 20.7 Å². The average Bonchev–Trinajstić information content (AvgIpc) is 3.61. The zero-order chi connectivity index (χ0) is 32.9. The van der Waals surface area contributed by atoms with Crippen molar-refractivity contribution in [2.45, 2.75) is 52.1 Å². The number of rotatable bonds is 15. The van der Waals surface area contributed by atoms with Crippen LogP contribution in [0.5, 0.6) is 0 Å². The van der Waals surface area contributed by atoms with Crippen molar-refractivity contribution < 1.29 is 23.9 Å². The number of amides is 4. The van der Waals surface area contributed by atoms with E-state index in [4.69, 9.17) is 4.74 Å². The van der Waals surface area contributed by atoms with Gasteiger partial charge in [0.1, 0.15) is 15.6 Å². The summed E-state index contributed by atoms with van der Waals surface area (Å²) in [6.07, 6.45) is 1.71. The third kappa shape index (κ3) is 12.2. The summed E-state index contributed by atoms with van der Waals surface area (Å²) >= 11 is 4.42. The molecule has 0 saturated heterocycles. The Labute approximate surface area is 278 Å². The molecular formula is C30H34N8O5S3. The van der Waals surface area contributed by atoms with E-state index in [1.807, 2.05) is 6.07 Å². The second kappa shape index (κ2) is 16.8. The van der Waals surface area contributed by atoms with Crippen LogP contribution < -0.4 is 21.3 Å². The Balaban J connectivity index is 1.13. The Kier molecular flexibility index (Phi) is 12.6. The van der Waals surface area contributed by atoms with Crippen LogP contribution in [0.1, 0.15) is 41.9 Å². The molecule has 4 N–H and O–H groups in total. The summed E-state index contributed by atoms with van der Waals surface area (Å²) in [7, 11) is 0. The van der Waals surface area contributed by atoms with Crippen molar-refractivity contribution >= 4 is 80.4 Å². The maximum atomic E-state index is 12.6. The minimum absolute atomic E-state index is 0.111. The summed E-state index contributed by atoms with van der Waals surface area (Å²) in [5.41, 5.74) is 2.05. The third-order valence-corrected chi connectivity index (χ3v) is 8.58. The van der Waals surface area contributed by atoms with Gasteiger partial charge in [-0.1, -0.05) is 46.9 Å². The van der Waals surface area contributed by atoms with E-state index in [1.54, 1.807) is 75.0 Å². The van der Waals surface area contributed by atoms with Crippen LogP contribution in [0.4, 0.5) is 26.4 Å². The minimum Gasteiger partial charge on any atom is -0.444 e. The highest BCUT2D eigenvalue weighted by Crippen LogP contribution is 2.21. The van der Waals surface area contributed by atoms with Gasteiger partial charge in [0.05, 0.1) is 12.8 Å². The number of carbonyl (C=O) groups is 4. The number of aryl methyl sites for hydroxylation is 2. The molecular weight excluding hydrogens is 649 g/mol. The zero-order valence-electron chi connectivity index (χ0n) is 25.5. The predicted molar refractivity (Wildman–Crippen MR) is 182 cm³/mol. The summed E-state index contributed by atoms with van der Waals surface area (Å²) in [5.74, 6) is 1.19. The fourth-order valence-electron chi connectivity index (χ4n) is 3.95. The second-order valence-corrected chi connectivity index (χ2v) is 14.2. The van der Waals surface area contributed by atoms with Gasteiger partial charge in [-0.2, -0.15) is 11.8 Å². The smallest absolute Gasteiger partial charge is 0.412 e. The van der Waals surface area contributed by atoms with Crippen molar-refractivity contribution in [2.75, 3.05) is 32.8 Å². The number of ether oxygens (including phenoxy) is 1. The number of nitrogens with one attached hydrogen (secondary N) is 4. The first-order chi connectivity index (χ1) is 22.0. The number of anilines is 4. The third-order valence-electron chi connectivity index (χ3n) is 5.80. The maximum absolute atomic E-state index is 12.6. The van der Waals surface area contributed by atoms with E-state index < -0.39 is 11.7 Å². The van der Waals surface area contributed by atoms with Crippen molar-refractivity contribution in [3.8, 4) is 0 Å². The molecule has 46 heavy (non-hydrogen) atoms. The first-order valence-corrected chi connectivity index (χ1v) is 17.0. The van der Waals surface area contributed by atoms with Gasteiger partial charge in [-0.25, -0.2) is 4.79 Å². The van der Waals surface area contributed by atoms with Gasteiger partial charge in [0.2, 0.25) is 28.5 Å². The number of benzene rings is 2. The number of hydrogen-bond donors (Lipinski definition) is 4. The van der Waals surface area contributed by atoms with E-state index >= 15 is 0 Å². The molecule has 0 aliphatic rings. The first kappa shape index (κ1) is 34.5. The highest BCUT2D eigenvalue weighted by molar-refractivity contribution is 7.99. The molecule has 2 heterocycles. The molecule has 13 nitrogen and oxygen atoms in total. The van der Waals surface area contributed by atoms with Crippen LogP contribution in [0.3, 0.4) is 0 Å². The lowest BCUT2D eigenvalue weighted by Gasteiger charge is -2.19. The molecule has 2 aromatic heterocycles. The number of carbonyl (C=O) groups excluding carboxylic acids is 4. The molecule has 0 aliphatic carbocycles. The normalized spacial score (nSPS) is 11.0. The number of hydrogen-bond acceptors (Lipinski definition) is 12. The number of thioether (sulfide) groups is 1. The molecule has 0 bridgehead atoms. The molecule has 0 fully saturated rings. The van der Waals surface area contributed by atoms with Gasteiger partial charge in [-0.15, -0.1) is 20.4 Å². The van der Waals surface area contributed by atoms with Crippen molar-refractivity contribution in [1.82, 2.24) is 20.4 Å². The Morgan fingerprint density at radius 1 is 0.783 bits per heavy atom. The van der Waals surface area contributed by atoms with E-state index in [2.05, 4.69) is 41.7 Å². The monoisotopic (exact) mass is 682 g/mol. The topological polar surface area (TPSA) is 177 Å². The Hall–Kier alpha value is -4.41. The van der Waals surface area contributed by atoms with Crippen LogP contribution in [0.25, 0.3) is 0 Å². The summed E-state index contributed by atoms with van der Waals surface area (Å²) < 4.78 is 5.27. The fraction of sp³-hybridized carbons (Fsp3) is 0.333. The molecule has 242 valence electrons. The molecule has 0 radical (unpaired) electrons. The lowest BCUT2D eigenvalue weighted by atomic mass is 10.1. The zero-order valence-corrected chi connectivity index (χ0v) is 27.9. The number of aromatic nitrogens is 4. The molecule has 4 rings (SSSR count). The van der Waals surface area contributed by atoms with E-state index in [0.717, 1.165) is 32.6 Å². The predicted octanol–water partition coefficient (Wildman–Crippen LogP) is 5.19. The summed E-state index contributed by atoms with van der Waals surface area (Å²) in [6.45, 7) is 5.36. The molecule has 0 atom stereocenters. The standard InChI is InChI=1S/C30H34N8O5S3/c1-30(2,3)43-29(42)32-22-9-5-7-20(15-22)17-24(41)34-28-38-36-26(46-28)11-13-44-12-10-25-35-37-27(45-25)33-23(40)16-19-6-4-8-21(14-19)31-18-39/h4-9,14-15,18H,10-13,16-17H2,1-3H3,(H,31,39)(H,32,42)(H,33,37,40)(H,34,38,41). The lowest BCUT2D eigenvalue weighted by molar-refractivity contribution is -0.116. The van der Waals surface area contributed by atoms with Gasteiger partial charge >= 0.3 is 6.09 Å². The van der Waals surface area contributed by atoms with Crippen molar-refractivity contribution in [3.05, 3.63) is 69.7 Å². The van der Waals surface area contributed by atoms with Crippen molar-refractivity contribution in [1.29, 1.82) is 0 Å². The molecule has 4 aromatic rings. The summed E-state index contributed by atoms with van der Waals surface area (Å²) in [4.78, 5) is 47.6. The molecule has 0 unspecified atom stereocenters. The molecule has 4 amide bonds. The maximum Gasteiger partial charge on any atom is 0.412 e. The van der Waals surface area contributed by atoms with Gasteiger partial charge in [0.25, 0.3) is 0 Å². The van der Waals surface area contributed by atoms with Crippen molar-refractivity contribution in [2.24, 2.45) is 0 Å². The van der Waals surface area contributed by atoms with Gasteiger partial charge in [-0.05, 0) is 67.7 Å². The van der Waals surface area contributed by atoms with Gasteiger partial charge in [-0.3, -0.25) is 19.7 Å². The molecule has 2 aromatic carbocycles. The first-order valence-electron chi connectivity index (χ1n) is 14.2.